The molecule has 0 amide bonds. The van der Waals surface area contributed by atoms with Crippen LogP contribution in [0.25, 0.3) is 0 Å². The predicted octanol–water partition coefficient (Wildman–Crippen LogP) is 4.80. The van der Waals surface area contributed by atoms with Crippen molar-refractivity contribution in [3.05, 3.63) is 12.2 Å². The molecular weight excluding hydrogens is 334 g/mol. The molecular formula is C22H34F2O2. The van der Waals surface area contributed by atoms with Crippen molar-refractivity contribution in [3.63, 3.8) is 0 Å². The Bertz CT molecular complexity index is 587. The third-order valence-corrected chi connectivity index (χ3v) is 8.98. The Labute approximate surface area is 156 Å². The van der Waals surface area contributed by atoms with Crippen LogP contribution in [0.1, 0.15) is 65.2 Å². The van der Waals surface area contributed by atoms with Crippen molar-refractivity contribution in [3.8, 4) is 0 Å². The third-order valence-electron chi connectivity index (χ3n) is 8.98. The van der Waals surface area contributed by atoms with Crippen LogP contribution in [0.5, 0.6) is 0 Å². The van der Waals surface area contributed by atoms with Gasteiger partial charge in [-0.25, -0.2) is 8.78 Å². The second kappa shape index (κ2) is 6.01. The van der Waals surface area contributed by atoms with E-state index in [-0.39, 0.29) is 42.6 Å². The second-order valence-electron chi connectivity index (χ2n) is 10.4. The Morgan fingerprint density at radius 2 is 1.65 bits per heavy atom. The van der Waals surface area contributed by atoms with Crippen LogP contribution in [0.3, 0.4) is 0 Å². The van der Waals surface area contributed by atoms with Crippen molar-refractivity contribution in [2.24, 2.45) is 40.9 Å². The summed E-state index contributed by atoms with van der Waals surface area (Å²) in [6.45, 7) is 8.08. The van der Waals surface area contributed by atoms with Gasteiger partial charge in [0, 0.05) is 12.3 Å². The summed E-state index contributed by atoms with van der Waals surface area (Å²) in [5.41, 5.74) is -0.0234. The summed E-state index contributed by atoms with van der Waals surface area (Å²) in [5.74, 6) is -2.18. The Balaban J connectivity index is 1.63. The molecule has 2 N–H and O–H groups in total. The molecule has 0 bridgehead atoms. The van der Waals surface area contributed by atoms with Crippen molar-refractivity contribution in [1.82, 2.24) is 0 Å². The number of hydrogen-bond acceptors (Lipinski definition) is 2. The minimum Gasteiger partial charge on any atom is -0.392 e. The van der Waals surface area contributed by atoms with Gasteiger partial charge in [-0.1, -0.05) is 13.5 Å². The molecule has 26 heavy (non-hydrogen) atoms. The molecule has 0 saturated heterocycles. The fraction of sp³-hybridized carbons (Fsp3) is 0.909. The van der Waals surface area contributed by atoms with E-state index < -0.39 is 17.4 Å². The fourth-order valence-electron chi connectivity index (χ4n) is 7.77. The summed E-state index contributed by atoms with van der Waals surface area (Å²) in [6, 6.07) is 0. The van der Waals surface area contributed by atoms with Crippen molar-refractivity contribution in [1.29, 1.82) is 0 Å². The number of aliphatic hydroxyl groups is 2. The molecule has 4 aliphatic rings. The summed E-state index contributed by atoms with van der Waals surface area (Å²) in [4.78, 5) is 0. The van der Waals surface area contributed by atoms with Crippen LogP contribution in [0.4, 0.5) is 8.78 Å². The van der Waals surface area contributed by atoms with Gasteiger partial charge in [-0.3, -0.25) is 0 Å². The lowest BCUT2D eigenvalue weighted by Gasteiger charge is -2.58. The maximum absolute atomic E-state index is 15.2. The molecule has 4 rings (SSSR count). The van der Waals surface area contributed by atoms with Crippen molar-refractivity contribution in [2.75, 3.05) is 6.61 Å². The van der Waals surface area contributed by atoms with Gasteiger partial charge in [-0.15, -0.1) is 0 Å². The van der Waals surface area contributed by atoms with E-state index in [0.29, 0.717) is 18.3 Å². The summed E-state index contributed by atoms with van der Waals surface area (Å²) < 4.78 is 30.4. The summed E-state index contributed by atoms with van der Waals surface area (Å²) in [6.07, 6.45) is 5.70. The van der Waals surface area contributed by atoms with Gasteiger partial charge < -0.3 is 10.2 Å². The molecule has 0 unspecified atom stereocenters. The largest absolute Gasteiger partial charge is 0.392 e. The number of alkyl halides is 2. The molecule has 0 aromatic rings. The van der Waals surface area contributed by atoms with Crippen LogP contribution in [-0.4, -0.2) is 28.3 Å². The second-order valence-corrected chi connectivity index (χ2v) is 10.4. The lowest BCUT2D eigenvalue weighted by molar-refractivity contribution is -0.209. The first-order chi connectivity index (χ1) is 12.1. The van der Waals surface area contributed by atoms with Gasteiger partial charge in [0.05, 0.1) is 12.2 Å². The SMILES string of the molecule is C=C(CO)[C@H]1CC[C@H]2[C@@H]3CC(F)(F)[C@@H]4C[C@@](C)(O)CC[C@@H]4[C@H]3CC[C@]12C. The standard InChI is InChI=1S/C22H34F2O2/c1-13(12-25)17-4-5-18-16-10-22(23,24)19-11-20(2,26)8-6-15(19)14(16)7-9-21(17,18)3/h14-19,25-26H,1,4-12H2,2-3H3/t14-,15-,16-,17-,18+,19-,20+,21-/m1/s1. The maximum atomic E-state index is 15.2. The number of halogens is 2. The number of rotatable bonds is 2. The van der Waals surface area contributed by atoms with Crippen LogP contribution in [-0.2, 0) is 0 Å². The van der Waals surface area contributed by atoms with Crippen molar-refractivity contribution < 1.29 is 19.0 Å². The van der Waals surface area contributed by atoms with Gasteiger partial charge in [-0.2, -0.15) is 0 Å². The van der Waals surface area contributed by atoms with Crippen LogP contribution >= 0.6 is 0 Å². The molecule has 4 aliphatic carbocycles. The molecule has 148 valence electrons. The van der Waals surface area contributed by atoms with E-state index in [1.165, 1.54) is 0 Å². The number of hydrogen-bond donors (Lipinski definition) is 2. The molecule has 4 heteroatoms. The molecule has 0 aromatic heterocycles. The normalized spacial score (nSPS) is 52.7. The highest BCUT2D eigenvalue weighted by Gasteiger charge is 2.63. The maximum Gasteiger partial charge on any atom is 0.251 e. The fourth-order valence-corrected chi connectivity index (χ4v) is 7.77. The molecule has 4 fully saturated rings. The van der Waals surface area contributed by atoms with Crippen LogP contribution in [0.15, 0.2) is 12.2 Å². The molecule has 0 heterocycles. The van der Waals surface area contributed by atoms with Crippen LogP contribution in [0, 0.1) is 40.9 Å². The van der Waals surface area contributed by atoms with Gasteiger partial charge in [0.2, 0.25) is 0 Å². The highest BCUT2D eigenvalue weighted by Crippen LogP contribution is 2.67. The first kappa shape index (κ1) is 18.9. The topological polar surface area (TPSA) is 40.5 Å². The molecule has 0 aliphatic heterocycles. The van der Waals surface area contributed by atoms with E-state index >= 15 is 8.78 Å². The molecule has 0 spiro atoms. The lowest BCUT2D eigenvalue weighted by atomic mass is 9.48. The number of fused-ring (bicyclic) bond motifs is 5. The molecule has 2 nitrogen and oxygen atoms in total. The van der Waals surface area contributed by atoms with Gasteiger partial charge in [0.25, 0.3) is 5.92 Å². The van der Waals surface area contributed by atoms with Gasteiger partial charge in [0.1, 0.15) is 0 Å². The van der Waals surface area contributed by atoms with E-state index in [4.69, 9.17) is 0 Å². The van der Waals surface area contributed by atoms with E-state index in [1.807, 2.05) is 0 Å². The summed E-state index contributed by atoms with van der Waals surface area (Å²) in [7, 11) is 0. The Morgan fingerprint density at radius 3 is 2.35 bits per heavy atom. The minimum atomic E-state index is -2.67. The van der Waals surface area contributed by atoms with Gasteiger partial charge in [-0.05, 0) is 92.4 Å². The smallest absolute Gasteiger partial charge is 0.251 e. The van der Waals surface area contributed by atoms with Crippen LogP contribution in [0.2, 0.25) is 0 Å². The molecule has 0 radical (unpaired) electrons. The zero-order valence-electron chi connectivity index (χ0n) is 16.2. The predicted molar refractivity (Wildman–Crippen MR) is 97.8 cm³/mol. The highest BCUT2D eigenvalue weighted by molar-refractivity contribution is 5.16. The Kier molecular flexibility index (Phi) is 4.36. The molecule has 8 atom stereocenters. The van der Waals surface area contributed by atoms with E-state index in [9.17, 15) is 10.2 Å². The van der Waals surface area contributed by atoms with Crippen LogP contribution < -0.4 is 0 Å². The lowest BCUT2D eigenvalue weighted by Crippen LogP contribution is -2.57. The Hall–Kier alpha value is -0.480. The third kappa shape index (κ3) is 2.70. The zero-order chi connectivity index (χ0) is 18.9. The highest BCUT2D eigenvalue weighted by atomic mass is 19.3. The minimum absolute atomic E-state index is 0.00646. The molecule has 0 aromatic carbocycles. The van der Waals surface area contributed by atoms with Crippen molar-refractivity contribution in [2.45, 2.75) is 76.7 Å². The molecule has 4 saturated carbocycles. The van der Waals surface area contributed by atoms with E-state index in [1.54, 1.807) is 6.92 Å². The monoisotopic (exact) mass is 368 g/mol. The summed E-state index contributed by atoms with van der Waals surface area (Å²) >= 11 is 0. The van der Waals surface area contributed by atoms with Gasteiger partial charge in [0.15, 0.2) is 0 Å². The Morgan fingerprint density at radius 1 is 0.962 bits per heavy atom. The quantitative estimate of drug-likeness (QED) is 0.688. The van der Waals surface area contributed by atoms with Gasteiger partial charge >= 0.3 is 0 Å². The first-order valence-electron chi connectivity index (χ1n) is 10.5. The first-order valence-corrected chi connectivity index (χ1v) is 10.5. The van der Waals surface area contributed by atoms with E-state index in [2.05, 4.69) is 13.5 Å². The summed E-state index contributed by atoms with van der Waals surface area (Å²) in [5, 5.41) is 20.0. The average molecular weight is 369 g/mol. The van der Waals surface area contributed by atoms with Crippen molar-refractivity contribution >= 4 is 0 Å². The van der Waals surface area contributed by atoms with E-state index in [0.717, 1.165) is 37.7 Å². The zero-order valence-corrected chi connectivity index (χ0v) is 16.2. The average Bonchev–Trinajstić information content (AvgIpc) is 2.91. The number of aliphatic hydroxyl groups excluding tert-OH is 1.